The highest BCUT2D eigenvalue weighted by molar-refractivity contribution is 9.11. The summed E-state index contributed by atoms with van der Waals surface area (Å²) in [4.78, 5) is 3.79. The molecule has 0 fully saturated rings. The van der Waals surface area contributed by atoms with E-state index in [0.717, 1.165) is 0 Å². The average Bonchev–Trinajstić information content (AvgIpc) is 2.09. The fourth-order valence-electron chi connectivity index (χ4n) is 0.705. The molecule has 0 atom stereocenters. The molecule has 0 bridgehead atoms. The fraction of sp³-hybridized carbons (Fsp3) is 0. The molecule has 1 rings (SSSR count). The maximum Gasteiger partial charge on any atom is 0.108 e. The third-order valence-electron chi connectivity index (χ3n) is 1.25. The highest BCUT2D eigenvalue weighted by atomic mass is 79.9. The summed E-state index contributed by atoms with van der Waals surface area (Å²) in [6, 6.07) is 1.75. The SMILES string of the molecule is S=C=Nc1c(Br)cc(Br)c(Cl)c1Cl. The van der Waals surface area contributed by atoms with Gasteiger partial charge in [0.1, 0.15) is 5.69 Å². The summed E-state index contributed by atoms with van der Waals surface area (Å²) in [5.74, 6) is 0. The van der Waals surface area contributed by atoms with Crippen molar-refractivity contribution in [3.05, 3.63) is 25.1 Å². The first-order chi connectivity index (χ1) is 6.07. The molecular weight excluding hydrogens is 361 g/mol. The predicted molar refractivity (Wildman–Crippen MR) is 66.5 cm³/mol. The van der Waals surface area contributed by atoms with Crippen LogP contribution in [0.25, 0.3) is 0 Å². The molecule has 0 saturated carbocycles. The standard InChI is InChI=1S/C7HBr2Cl2NS/c8-3-1-4(9)7(12-2-13)6(11)5(3)10/h1H. The lowest BCUT2D eigenvalue weighted by atomic mass is 10.3. The first kappa shape index (κ1) is 11.6. The van der Waals surface area contributed by atoms with Gasteiger partial charge in [0.05, 0.1) is 15.2 Å². The molecule has 0 aliphatic heterocycles. The van der Waals surface area contributed by atoms with Gasteiger partial charge in [-0.15, -0.1) is 0 Å². The molecule has 6 heteroatoms. The summed E-state index contributed by atoms with van der Waals surface area (Å²) in [6.45, 7) is 0. The molecule has 0 aliphatic carbocycles. The molecule has 0 amide bonds. The number of thiocarbonyl (C=S) groups is 1. The van der Waals surface area contributed by atoms with Crippen LogP contribution in [0, 0.1) is 0 Å². The lowest BCUT2D eigenvalue weighted by Gasteiger charge is -2.04. The zero-order valence-electron chi connectivity index (χ0n) is 5.94. The molecule has 0 heterocycles. The van der Waals surface area contributed by atoms with Crippen LogP contribution in [0.15, 0.2) is 20.0 Å². The van der Waals surface area contributed by atoms with E-state index in [1.807, 2.05) is 0 Å². The lowest BCUT2D eigenvalue weighted by molar-refractivity contribution is 1.49. The van der Waals surface area contributed by atoms with Crippen molar-refractivity contribution in [2.45, 2.75) is 0 Å². The number of benzene rings is 1. The minimum Gasteiger partial charge on any atom is -0.192 e. The Labute approximate surface area is 107 Å². The van der Waals surface area contributed by atoms with Gasteiger partial charge >= 0.3 is 0 Å². The van der Waals surface area contributed by atoms with Crippen LogP contribution < -0.4 is 0 Å². The summed E-state index contributed by atoms with van der Waals surface area (Å²) >= 11 is 22.8. The Bertz CT molecular complexity index is 402. The first-order valence-electron chi connectivity index (χ1n) is 2.98. The second-order valence-corrected chi connectivity index (χ2v) is 4.67. The van der Waals surface area contributed by atoms with Gasteiger partial charge in [-0.3, -0.25) is 0 Å². The van der Waals surface area contributed by atoms with Crippen molar-refractivity contribution >= 4 is 78.1 Å². The molecule has 0 aliphatic rings. The third kappa shape index (κ3) is 2.52. The van der Waals surface area contributed by atoms with E-state index in [0.29, 0.717) is 24.7 Å². The van der Waals surface area contributed by atoms with E-state index in [2.05, 4.69) is 54.2 Å². The zero-order valence-corrected chi connectivity index (χ0v) is 11.4. The van der Waals surface area contributed by atoms with Crippen LogP contribution in [0.5, 0.6) is 0 Å². The smallest absolute Gasteiger partial charge is 0.108 e. The van der Waals surface area contributed by atoms with Crippen molar-refractivity contribution in [1.29, 1.82) is 0 Å². The van der Waals surface area contributed by atoms with Gasteiger partial charge in [-0.1, -0.05) is 23.2 Å². The third-order valence-corrected chi connectivity index (χ3v) is 3.65. The number of hydrogen-bond donors (Lipinski definition) is 0. The Morgan fingerprint density at radius 2 is 1.85 bits per heavy atom. The number of isothiocyanates is 1. The van der Waals surface area contributed by atoms with Crippen LogP contribution in [-0.2, 0) is 0 Å². The predicted octanol–water partition coefficient (Wildman–Crippen LogP) is 5.25. The van der Waals surface area contributed by atoms with Crippen LogP contribution in [-0.4, -0.2) is 5.16 Å². The first-order valence-corrected chi connectivity index (χ1v) is 5.73. The summed E-state index contributed by atoms with van der Waals surface area (Å²) in [5, 5.41) is 2.99. The number of aliphatic imine (C=N–C) groups is 1. The maximum absolute atomic E-state index is 5.91. The molecule has 0 spiro atoms. The molecule has 0 saturated heterocycles. The highest BCUT2D eigenvalue weighted by Crippen LogP contribution is 2.42. The number of hydrogen-bond acceptors (Lipinski definition) is 2. The Hall–Kier alpha value is 0.560. The molecule has 0 unspecified atom stereocenters. The number of rotatable bonds is 1. The minimum absolute atomic E-state index is 0.347. The minimum atomic E-state index is 0.347. The summed E-state index contributed by atoms with van der Waals surface area (Å²) < 4.78 is 1.42. The second-order valence-electron chi connectivity index (χ2n) is 2.02. The van der Waals surface area contributed by atoms with Gasteiger partial charge in [-0.2, -0.15) is 4.99 Å². The van der Waals surface area contributed by atoms with Crippen LogP contribution in [0.3, 0.4) is 0 Å². The topological polar surface area (TPSA) is 12.4 Å². The van der Waals surface area contributed by atoms with Gasteiger partial charge < -0.3 is 0 Å². The van der Waals surface area contributed by atoms with E-state index in [1.54, 1.807) is 6.07 Å². The largest absolute Gasteiger partial charge is 0.192 e. The summed E-state index contributed by atoms with van der Waals surface area (Å²) in [7, 11) is 0. The van der Waals surface area contributed by atoms with Crippen LogP contribution in [0.4, 0.5) is 5.69 Å². The average molecular weight is 362 g/mol. The Balaban J connectivity index is 3.52. The Morgan fingerprint density at radius 3 is 2.38 bits per heavy atom. The lowest BCUT2D eigenvalue weighted by Crippen LogP contribution is -1.76. The van der Waals surface area contributed by atoms with Gasteiger partial charge in [-0.25, -0.2) is 0 Å². The van der Waals surface area contributed by atoms with Crippen molar-refractivity contribution in [2.24, 2.45) is 4.99 Å². The van der Waals surface area contributed by atoms with E-state index in [9.17, 15) is 0 Å². The summed E-state index contributed by atoms with van der Waals surface area (Å²) in [5.41, 5.74) is 0.491. The van der Waals surface area contributed by atoms with E-state index < -0.39 is 0 Å². The van der Waals surface area contributed by atoms with Crippen molar-refractivity contribution < 1.29 is 0 Å². The molecule has 1 aromatic rings. The van der Waals surface area contributed by atoms with Crippen LogP contribution in [0.2, 0.25) is 10.0 Å². The van der Waals surface area contributed by atoms with Gasteiger partial charge in [0.25, 0.3) is 0 Å². The van der Waals surface area contributed by atoms with Crippen molar-refractivity contribution in [1.82, 2.24) is 0 Å². The molecule has 1 aromatic carbocycles. The maximum atomic E-state index is 5.91. The van der Waals surface area contributed by atoms with Crippen LogP contribution >= 0.6 is 67.3 Å². The van der Waals surface area contributed by atoms with Gasteiger partial charge in [0.15, 0.2) is 0 Å². The fourth-order valence-corrected chi connectivity index (χ4v) is 2.66. The second kappa shape index (κ2) is 4.87. The Morgan fingerprint density at radius 1 is 1.23 bits per heavy atom. The quantitative estimate of drug-likeness (QED) is 0.288. The molecule has 13 heavy (non-hydrogen) atoms. The van der Waals surface area contributed by atoms with E-state index in [1.165, 1.54) is 0 Å². The summed E-state index contributed by atoms with van der Waals surface area (Å²) in [6.07, 6.45) is 0. The highest BCUT2D eigenvalue weighted by Gasteiger charge is 2.11. The Kier molecular flexibility index (Phi) is 4.36. The van der Waals surface area contributed by atoms with Crippen molar-refractivity contribution in [2.75, 3.05) is 0 Å². The van der Waals surface area contributed by atoms with Crippen molar-refractivity contribution in [3.8, 4) is 0 Å². The normalized spacial score (nSPS) is 9.54. The number of halogens is 4. The van der Waals surface area contributed by atoms with E-state index in [4.69, 9.17) is 23.2 Å². The monoisotopic (exact) mass is 359 g/mol. The van der Waals surface area contributed by atoms with E-state index >= 15 is 0 Å². The number of nitrogens with zero attached hydrogens (tertiary/aromatic N) is 1. The van der Waals surface area contributed by atoms with Gasteiger partial charge in [0, 0.05) is 8.95 Å². The molecular formula is C7HBr2Cl2NS. The molecule has 0 N–H and O–H groups in total. The molecule has 68 valence electrons. The van der Waals surface area contributed by atoms with E-state index in [-0.39, 0.29) is 0 Å². The van der Waals surface area contributed by atoms with Crippen molar-refractivity contribution in [3.63, 3.8) is 0 Å². The molecule has 1 nitrogen and oxygen atoms in total. The van der Waals surface area contributed by atoms with Gasteiger partial charge in [-0.05, 0) is 50.1 Å². The van der Waals surface area contributed by atoms with Crippen LogP contribution in [0.1, 0.15) is 0 Å². The molecule has 0 aromatic heterocycles. The van der Waals surface area contributed by atoms with Gasteiger partial charge in [0.2, 0.25) is 0 Å². The molecule has 0 radical (unpaired) electrons. The zero-order chi connectivity index (χ0) is 10.0.